The van der Waals surface area contributed by atoms with Crippen LogP contribution in [0.3, 0.4) is 0 Å². The molecule has 0 aliphatic heterocycles. The second-order valence-electron chi connectivity index (χ2n) is 5.84. The molecular formula is C17H27N. The molecule has 2 rings (SSSR count). The van der Waals surface area contributed by atoms with Gasteiger partial charge in [-0.25, -0.2) is 0 Å². The minimum atomic E-state index is 0.241. The van der Waals surface area contributed by atoms with Crippen LogP contribution in [0.4, 0.5) is 0 Å². The van der Waals surface area contributed by atoms with Crippen molar-refractivity contribution in [3.05, 3.63) is 35.4 Å². The Hall–Kier alpha value is -0.820. The fourth-order valence-corrected chi connectivity index (χ4v) is 3.19. The molecule has 0 aromatic heterocycles. The zero-order valence-corrected chi connectivity index (χ0v) is 11.7. The fourth-order valence-electron chi connectivity index (χ4n) is 3.19. The van der Waals surface area contributed by atoms with E-state index >= 15 is 0 Å². The highest BCUT2D eigenvalue weighted by Crippen LogP contribution is 2.31. The van der Waals surface area contributed by atoms with Gasteiger partial charge in [-0.2, -0.15) is 0 Å². The van der Waals surface area contributed by atoms with Crippen LogP contribution < -0.4 is 5.73 Å². The zero-order chi connectivity index (χ0) is 12.8. The number of rotatable bonds is 5. The summed E-state index contributed by atoms with van der Waals surface area (Å²) in [5.74, 6) is 0.864. The van der Waals surface area contributed by atoms with E-state index in [1.54, 1.807) is 0 Å². The van der Waals surface area contributed by atoms with Gasteiger partial charge in [0, 0.05) is 6.04 Å². The Balaban J connectivity index is 1.94. The highest BCUT2D eigenvalue weighted by molar-refractivity contribution is 5.26. The van der Waals surface area contributed by atoms with E-state index in [9.17, 15) is 0 Å². The van der Waals surface area contributed by atoms with Gasteiger partial charge in [0.15, 0.2) is 0 Å². The summed E-state index contributed by atoms with van der Waals surface area (Å²) in [5, 5.41) is 0. The van der Waals surface area contributed by atoms with Crippen molar-refractivity contribution in [2.45, 2.75) is 64.3 Å². The van der Waals surface area contributed by atoms with E-state index in [-0.39, 0.29) is 6.04 Å². The molecule has 0 radical (unpaired) electrons. The van der Waals surface area contributed by atoms with Crippen molar-refractivity contribution in [2.75, 3.05) is 0 Å². The Bertz CT molecular complexity index is 352. The van der Waals surface area contributed by atoms with Crippen LogP contribution in [0.1, 0.15) is 69.0 Å². The van der Waals surface area contributed by atoms with Gasteiger partial charge in [-0.15, -0.1) is 0 Å². The highest BCUT2D eigenvalue weighted by Gasteiger charge is 2.17. The molecule has 0 spiro atoms. The van der Waals surface area contributed by atoms with E-state index in [4.69, 9.17) is 5.73 Å². The first kappa shape index (κ1) is 13.6. The van der Waals surface area contributed by atoms with E-state index in [0.29, 0.717) is 0 Å². The summed E-state index contributed by atoms with van der Waals surface area (Å²) in [4.78, 5) is 0. The first-order valence-corrected chi connectivity index (χ1v) is 7.64. The topological polar surface area (TPSA) is 26.0 Å². The number of aryl methyl sites for hydroxylation is 1. The molecular weight excluding hydrogens is 218 g/mol. The molecule has 1 aliphatic carbocycles. The minimum Gasteiger partial charge on any atom is -0.324 e. The average molecular weight is 245 g/mol. The average Bonchev–Trinajstić information content (AvgIpc) is 2.40. The normalized spacial score (nSPS) is 18.8. The Labute approximate surface area is 112 Å². The van der Waals surface area contributed by atoms with E-state index < -0.39 is 0 Å². The van der Waals surface area contributed by atoms with Gasteiger partial charge in [-0.3, -0.25) is 0 Å². The summed E-state index contributed by atoms with van der Waals surface area (Å²) in [6, 6.07) is 9.15. The van der Waals surface area contributed by atoms with E-state index in [2.05, 4.69) is 31.2 Å². The largest absolute Gasteiger partial charge is 0.324 e. The van der Waals surface area contributed by atoms with Gasteiger partial charge in [0.1, 0.15) is 0 Å². The van der Waals surface area contributed by atoms with Crippen LogP contribution in [0.2, 0.25) is 0 Å². The molecule has 1 atom stereocenters. The SMILES string of the molecule is CCCc1cccc(C(N)CC2CCCCC2)c1. The third-order valence-corrected chi connectivity index (χ3v) is 4.23. The third kappa shape index (κ3) is 3.84. The Morgan fingerprint density at radius 1 is 1.22 bits per heavy atom. The van der Waals surface area contributed by atoms with Crippen LogP contribution >= 0.6 is 0 Å². The van der Waals surface area contributed by atoms with Crippen molar-refractivity contribution >= 4 is 0 Å². The molecule has 1 nitrogen and oxygen atoms in total. The van der Waals surface area contributed by atoms with Crippen molar-refractivity contribution in [1.82, 2.24) is 0 Å². The quantitative estimate of drug-likeness (QED) is 0.805. The molecule has 18 heavy (non-hydrogen) atoms. The summed E-state index contributed by atoms with van der Waals surface area (Å²) in [7, 11) is 0. The maximum atomic E-state index is 6.39. The summed E-state index contributed by atoms with van der Waals surface area (Å²) >= 11 is 0. The second kappa shape index (κ2) is 6.94. The molecule has 1 fully saturated rings. The molecule has 100 valence electrons. The molecule has 2 N–H and O–H groups in total. The lowest BCUT2D eigenvalue weighted by atomic mass is 9.83. The van der Waals surface area contributed by atoms with Crippen LogP contribution in [0.5, 0.6) is 0 Å². The maximum Gasteiger partial charge on any atom is 0.0297 e. The van der Waals surface area contributed by atoms with Crippen LogP contribution in [0, 0.1) is 5.92 Å². The summed E-state index contributed by atoms with van der Waals surface area (Å²) in [5.41, 5.74) is 9.17. The Kier molecular flexibility index (Phi) is 5.25. The van der Waals surface area contributed by atoms with Gasteiger partial charge in [0.05, 0.1) is 0 Å². The lowest BCUT2D eigenvalue weighted by Gasteiger charge is -2.25. The summed E-state index contributed by atoms with van der Waals surface area (Å²) in [6.45, 7) is 2.23. The molecule has 1 unspecified atom stereocenters. The molecule has 0 heterocycles. The second-order valence-corrected chi connectivity index (χ2v) is 5.84. The number of hydrogen-bond donors (Lipinski definition) is 1. The number of nitrogens with two attached hydrogens (primary N) is 1. The van der Waals surface area contributed by atoms with E-state index in [1.807, 2.05) is 0 Å². The van der Waals surface area contributed by atoms with Gasteiger partial charge in [0.2, 0.25) is 0 Å². The van der Waals surface area contributed by atoms with Gasteiger partial charge in [-0.1, -0.05) is 69.7 Å². The molecule has 1 heteroatoms. The van der Waals surface area contributed by atoms with Crippen LogP contribution in [0.15, 0.2) is 24.3 Å². The van der Waals surface area contributed by atoms with Crippen LogP contribution in [-0.4, -0.2) is 0 Å². The Morgan fingerprint density at radius 3 is 2.72 bits per heavy atom. The standard InChI is InChI=1S/C17H27N/c1-2-7-14-10-6-11-16(12-14)17(18)13-15-8-4-3-5-9-15/h6,10-12,15,17H,2-5,7-9,13,18H2,1H3. The third-order valence-electron chi connectivity index (χ3n) is 4.23. The molecule has 0 bridgehead atoms. The monoisotopic (exact) mass is 245 g/mol. The Morgan fingerprint density at radius 2 is 2.00 bits per heavy atom. The van der Waals surface area contributed by atoms with Gasteiger partial charge < -0.3 is 5.73 Å². The van der Waals surface area contributed by atoms with Crippen molar-refractivity contribution < 1.29 is 0 Å². The maximum absolute atomic E-state index is 6.39. The van der Waals surface area contributed by atoms with Crippen molar-refractivity contribution in [3.63, 3.8) is 0 Å². The predicted molar refractivity (Wildman–Crippen MR) is 78.6 cm³/mol. The smallest absolute Gasteiger partial charge is 0.0297 e. The molecule has 1 aromatic rings. The molecule has 0 saturated heterocycles. The fraction of sp³-hybridized carbons (Fsp3) is 0.647. The minimum absolute atomic E-state index is 0.241. The molecule has 1 aliphatic rings. The van der Waals surface area contributed by atoms with Crippen LogP contribution in [0.25, 0.3) is 0 Å². The first-order chi connectivity index (χ1) is 8.79. The van der Waals surface area contributed by atoms with Gasteiger partial charge in [-0.05, 0) is 29.9 Å². The highest BCUT2D eigenvalue weighted by atomic mass is 14.6. The number of benzene rings is 1. The van der Waals surface area contributed by atoms with Crippen LogP contribution in [-0.2, 0) is 6.42 Å². The van der Waals surface area contributed by atoms with Gasteiger partial charge in [0.25, 0.3) is 0 Å². The van der Waals surface area contributed by atoms with Crippen molar-refractivity contribution in [2.24, 2.45) is 11.7 Å². The summed E-state index contributed by atoms with van der Waals surface area (Å²) < 4.78 is 0. The van der Waals surface area contributed by atoms with Gasteiger partial charge >= 0.3 is 0 Å². The lowest BCUT2D eigenvalue weighted by Crippen LogP contribution is -2.17. The summed E-state index contributed by atoms with van der Waals surface area (Å²) in [6.07, 6.45) is 10.6. The van der Waals surface area contributed by atoms with E-state index in [1.165, 1.54) is 62.5 Å². The number of hydrogen-bond acceptors (Lipinski definition) is 1. The predicted octanol–water partition coefficient (Wildman–Crippen LogP) is 4.61. The molecule has 1 saturated carbocycles. The molecule has 1 aromatic carbocycles. The van der Waals surface area contributed by atoms with Crippen molar-refractivity contribution in [1.29, 1.82) is 0 Å². The molecule has 0 amide bonds. The van der Waals surface area contributed by atoms with E-state index in [0.717, 1.165) is 5.92 Å². The lowest BCUT2D eigenvalue weighted by molar-refractivity contribution is 0.319. The first-order valence-electron chi connectivity index (χ1n) is 7.64. The van der Waals surface area contributed by atoms with Crippen molar-refractivity contribution in [3.8, 4) is 0 Å². The zero-order valence-electron chi connectivity index (χ0n) is 11.7.